The van der Waals surface area contributed by atoms with Gasteiger partial charge in [-0.2, -0.15) is 0 Å². The van der Waals surface area contributed by atoms with Crippen molar-refractivity contribution in [2.75, 3.05) is 6.61 Å². The van der Waals surface area contributed by atoms with Gasteiger partial charge in [-0.1, -0.05) is 0 Å². The first kappa shape index (κ1) is 34.3. The molecule has 0 radical (unpaired) electrons. The Morgan fingerprint density at radius 2 is 1.82 bits per heavy atom. The number of fused-ring (bicyclic) bond motifs is 2. The summed E-state index contributed by atoms with van der Waals surface area (Å²) >= 11 is 0. The molecule has 0 fully saturated rings. The molecule has 1 amide bonds. The summed E-state index contributed by atoms with van der Waals surface area (Å²) in [6, 6.07) is 2.16. The Kier molecular flexibility index (Phi) is 10.9. The Morgan fingerprint density at radius 3 is 2.45 bits per heavy atom. The summed E-state index contributed by atoms with van der Waals surface area (Å²) in [7, 11) is -5.43. The summed E-state index contributed by atoms with van der Waals surface area (Å²) in [6.07, 6.45) is -9.47. The van der Waals surface area contributed by atoms with Crippen molar-refractivity contribution in [1.82, 2.24) is 19.9 Å². The predicted molar refractivity (Wildman–Crippen MR) is 136 cm³/mol. The minimum Gasteiger partial charge on any atom is -0.846 e. The van der Waals surface area contributed by atoms with Gasteiger partial charge in [-0.25, -0.2) is 4.98 Å². The van der Waals surface area contributed by atoms with Crippen molar-refractivity contribution in [2.24, 2.45) is 0 Å². The molecule has 44 heavy (non-hydrogen) atoms. The zero-order chi connectivity index (χ0) is 32.9. The number of hydrogen-bond acceptors (Lipinski definition) is 16. The SMILES string of the molecule is C[C@H](OP(=O)([O-])OC[C@@H](O)[C@@H](O)[C@@H](O)Cn1c2cc(=O)ccc-2cc2c(=O)[nH]c([O-])nc21)C(=O)N[C@@H](CCC(=O)[O-])C(=O)[O-]. The summed E-state index contributed by atoms with van der Waals surface area (Å²) in [4.78, 5) is 76.0. The monoisotopic (exact) mass is 640 g/mol. The number of amides is 1. The molecule has 0 bridgehead atoms. The van der Waals surface area contributed by atoms with Crippen molar-refractivity contribution in [3.05, 3.63) is 44.8 Å². The van der Waals surface area contributed by atoms with Crippen LogP contribution >= 0.6 is 7.82 Å². The molecule has 1 aliphatic heterocycles. The number of H-pyrrole nitrogens is 1. The van der Waals surface area contributed by atoms with Crippen LogP contribution in [0.25, 0.3) is 22.3 Å². The van der Waals surface area contributed by atoms with Crippen molar-refractivity contribution >= 4 is 36.7 Å². The minimum atomic E-state index is -5.43. The van der Waals surface area contributed by atoms with Crippen molar-refractivity contribution in [3.8, 4) is 17.3 Å². The minimum absolute atomic E-state index is 0.102. The number of pyridine rings is 1. The van der Waals surface area contributed by atoms with E-state index in [0.717, 1.165) is 17.6 Å². The number of hydrogen-bond donors (Lipinski definition) is 5. The van der Waals surface area contributed by atoms with E-state index in [4.69, 9.17) is 0 Å². The number of aliphatic hydroxyl groups excluding tert-OH is 3. The third-order valence-electron chi connectivity index (χ3n) is 6.22. The highest BCUT2D eigenvalue weighted by atomic mass is 31.2. The molecular formula is C24H25N4O15P-4. The first-order chi connectivity index (χ1) is 20.5. The highest BCUT2D eigenvalue weighted by Crippen LogP contribution is 2.40. The number of aliphatic hydroxyl groups is 3. The fourth-order valence-corrected chi connectivity index (χ4v) is 4.89. The molecule has 2 aliphatic rings. The van der Waals surface area contributed by atoms with E-state index in [1.54, 1.807) is 0 Å². The number of aromatic nitrogens is 3. The van der Waals surface area contributed by atoms with Crippen LogP contribution in [0.2, 0.25) is 0 Å². The number of carbonyl (C=O) groups excluding carboxylic acids is 3. The van der Waals surface area contributed by atoms with E-state index in [1.165, 1.54) is 18.2 Å². The molecule has 1 aromatic rings. The summed E-state index contributed by atoms with van der Waals surface area (Å²) in [5, 5.41) is 66.6. The molecule has 1 aromatic heterocycles. The topological polar surface area (TPSA) is 319 Å². The quantitative estimate of drug-likeness (QED) is 0.0762. The van der Waals surface area contributed by atoms with E-state index in [1.807, 2.05) is 10.3 Å². The number of carboxylic acid groups (broad SMARTS) is 2. The molecule has 0 saturated carbocycles. The van der Waals surface area contributed by atoms with E-state index in [0.29, 0.717) is 5.56 Å². The van der Waals surface area contributed by atoms with Gasteiger partial charge in [-0.3, -0.25) is 18.9 Å². The van der Waals surface area contributed by atoms with Crippen LogP contribution in [0.5, 0.6) is 6.01 Å². The molecule has 0 spiro atoms. The van der Waals surface area contributed by atoms with Gasteiger partial charge >= 0.3 is 0 Å². The number of phosphoric ester groups is 1. The maximum atomic E-state index is 12.3. The number of phosphoric acid groups is 1. The summed E-state index contributed by atoms with van der Waals surface area (Å²) in [6.45, 7) is -0.991. The Hall–Kier alpha value is -4.23. The molecular weight excluding hydrogens is 615 g/mol. The lowest BCUT2D eigenvalue weighted by molar-refractivity contribution is -0.310. The molecule has 0 saturated heterocycles. The van der Waals surface area contributed by atoms with Crippen LogP contribution in [0.15, 0.2) is 33.9 Å². The number of rotatable bonds is 15. The largest absolute Gasteiger partial charge is 0.846 e. The van der Waals surface area contributed by atoms with Gasteiger partial charge in [0.2, 0.25) is 5.91 Å². The number of carboxylic acids is 2. The van der Waals surface area contributed by atoms with Crippen LogP contribution in [-0.4, -0.2) is 84.8 Å². The number of nitrogens with one attached hydrogen (secondary N) is 2. The smallest absolute Gasteiger partial charge is 0.268 e. The van der Waals surface area contributed by atoms with Crippen molar-refractivity contribution in [3.63, 3.8) is 0 Å². The van der Waals surface area contributed by atoms with Crippen molar-refractivity contribution in [2.45, 2.75) is 56.8 Å². The number of aromatic amines is 1. The molecule has 19 nitrogen and oxygen atoms in total. The number of aliphatic carboxylic acids is 2. The Bertz CT molecular complexity index is 1670. The van der Waals surface area contributed by atoms with E-state index in [-0.39, 0.29) is 16.7 Å². The lowest BCUT2D eigenvalue weighted by atomic mass is 10.0. The first-order valence-electron chi connectivity index (χ1n) is 12.6. The predicted octanol–water partition coefficient (Wildman–Crippen LogP) is -6.00. The van der Waals surface area contributed by atoms with Crippen LogP contribution in [0.3, 0.4) is 0 Å². The third kappa shape index (κ3) is 8.66. The molecule has 2 heterocycles. The maximum Gasteiger partial charge on any atom is 0.268 e. The highest BCUT2D eigenvalue weighted by Gasteiger charge is 2.30. The highest BCUT2D eigenvalue weighted by molar-refractivity contribution is 7.45. The lowest BCUT2D eigenvalue weighted by Crippen LogP contribution is -2.51. The van der Waals surface area contributed by atoms with Crippen LogP contribution < -0.4 is 36.5 Å². The van der Waals surface area contributed by atoms with Gasteiger partial charge < -0.3 is 69.0 Å². The van der Waals surface area contributed by atoms with E-state index >= 15 is 0 Å². The zero-order valence-corrected chi connectivity index (χ0v) is 23.5. The molecule has 240 valence electrons. The van der Waals surface area contributed by atoms with Gasteiger partial charge in [0.25, 0.3) is 13.4 Å². The van der Waals surface area contributed by atoms with Gasteiger partial charge in [0, 0.05) is 12.0 Å². The van der Waals surface area contributed by atoms with Crippen LogP contribution in [0, 0.1) is 0 Å². The summed E-state index contributed by atoms with van der Waals surface area (Å²) in [5.74, 6) is -4.77. The summed E-state index contributed by atoms with van der Waals surface area (Å²) < 4.78 is 22.2. The fraction of sp³-hybridized carbons (Fsp3) is 0.417. The second-order valence-corrected chi connectivity index (χ2v) is 10.9. The average Bonchev–Trinajstić information content (AvgIpc) is 2.93. The van der Waals surface area contributed by atoms with Gasteiger partial charge in [0.15, 0.2) is 5.43 Å². The van der Waals surface area contributed by atoms with Crippen molar-refractivity contribution < 1.29 is 63.5 Å². The molecule has 20 heteroatoms. The fourth-order valence-electron chi connectivity index (χ4n) is 4.01. The standard InChI is InChI=1S/C24H29N4O15P/c1-10(21(35)25-14(23(37)38)4-5-18(32)33)43-44(40,41)42-9-17(31)19(34)16(30)8-28-15-7-12(29)3-2-11(15)6-13-20(28)26-24(39)27-22(13)36/h2-3,6-7,10,14,16-17,19,30-31,34H,4-5,8-9H2,1H3,(H,25,35)(H,32,33)(H,37,38)(H,40,41)(H2,26,27,36,39)/p-4/t10-,14-,16-,17+,19-/m0/s1. The second kappa shape index (κ2) is 14.0. The number of benzene rings is 1. The van der Waals surface area contributed by atoms with Crippen LogP contribution in [0.4, 0.5) is 0 Å². The first-order valence-corrected chi connectivity index (χ1v) is 14.1. The average molecular weight is 640 g/mol. The maximum absolute atomic E-state index is 12.3. The Labute approximate surface area is 245 Å². The van der Waals surface area contributed by atoms with Crippen molar-refractivity contribution in [1.29, 1.82) is 0 Å². The molecule has 1 unspecified atom stereocenters. The number of carbonyl (C=O) groups is 3. The normalized spacial score (nSPS) is 16.5. The molecule has 5 N–H and O–H groups in total. The Morgan fingerprint density at radius 1 is 1.14 bits per heavy atom. The van der Waals surface area contributed by atoms with E-state index in [2.05, 4.69) is 14.0 Å². The van der Waals surface area contributed by atoms with Gasteiger partial charge in [0.05, 0.1) is 42.3 Å². The second-order valence-electron chi connectivity index (χ2n) is 9.49. The third-order valence-corrected chi connectivity index (χ3v) is 7.26. The summed E-state index contributed by atoms with van der Waals surface area (Å²) in [5.41, 5.74) is -1.15. The van der Waals surface area contributed by atoms with Gasteiger partial charge in [-0.05, 0) is 43.5 Å². The Balaban J connectivity index is 1.68. The van der Waals surface area contributed by atoms with Crippen LogP contribution in [0.1, 0.15) is 19.8 Å². The molecule has 6 atom stereocenters. The molecule has 0 aromatic carbocycles. The van der Waals surface area contributed by atoms with E-state index in [9.17, 15) is 64.1 Å². The lowest BCUT2D eigenvalue weighted by Gasteiger charge is -2.30. The van der Waals surface area contributed by atoms with Gasteiger partial charge in [-0.15, -0.1) is 0 Å². The zero-order valence-electron chi connectivity index (χ0n) is 22.6. The van der Waals surface area contributed by atoms with E-state index < -0.39 is 99.1 Å². The number of nitrogens with zero attached hydrogens (tertiary/aromatic N) is 2. The van der Waals surface area contributed by atoms with Gasteiger partial charge in [0.1, 0.15) is 30.1 Å². The van der Waals surface area contributed by atoms with Crippen LogP contribution in [-0.2, 0) is 34.5 Å². The molecule has 1 aliphatic carbocycles. The molecule has 3 rings (SSSR count).